The highest BCUT2D eigenvalue weighted by molar-refractivity contribution is 6.04. The molecular formula is C20H22F3N3O. The molecule has 1 aliphatic heterocycles. The van der Waals surface area contributed by atoms with E-state index in [1.165, 1.54) is 12.1 Å². The van der Waals surface area contributed by atoms with Gasteiger partial charge in [-0.25, -0.2) is 13.2 Å². The zero-order valence-corrected chi connectivity index (χ0v) is 15.4. The van der Waals surface area contributed by atoms with Crippen molar-refractivity contribution in [3.8, 4) is 0 Å². The molecule has 27 heavy (non-hydrogen) atoms. The summed E-state index contributed by atoms with van der Waals surface area (Å²) < 4.78 is 41.0. The fourth-order valence-electron chi connectivity index (χ4n) is 3.14. The molecule has 1 saturated heterocycles. The molecule has 0 atom stereocenters. The number of halogens is 3. The summed E-state index contributed by atoms with van der Waals surface area (Å²) in [6, 6.07) is 5.39. The fraction of sp³-hybridized carbons (Fsp3) is 0.350. The van der Waals surface area contributed by atoms with Gasteiger partial charge in [-0.05, 0) is 49.4 Å². The Morgan fingerprint density at radius 3 is 2.41 bits per heavy atom. The number of nitrogens with one attached hydrogen (secondary N) is 1. The van der Waals surface area contributed by atoms with Crippen LogP contribution in [0.25, 0.3) is 0 Å². The Labute approximate surface area is 156 Å². The minimum absolute atomic E-state index is 0.285. The van der Waals surface area contributed by atoms with Crippen LogP contribution in [0, 0.1) is 24.4 Å². The predicted octanol–water partition coefficient (Wildman–Crippen LogP) is 3.41. The van der Waals surface area contributed by atoms with Crippen molar-refractivity contribution in [3.63, 3.8) is 0 Å². The topological polar surface area (TPSA) is 35.6 Å². The van der Waals surface area contributed by atoms with Crippen LogP contribution in [-0.2, 0) is 6.54 Å². The first-order valence-corrected chi connectivity index (χ1v) is 8.80. The third-order valence-electron chi connectivity index (χ3n) is 4.89. The summed E-state index contributed by atoms with van der Waals surface area (Å²) >= 11 is 0. The van der Waals surface area contributed by atoms with Crippen molar-refractivity contribution in [1.82, 2.24) is 9.80 Å². The fourth-order valence-corrected chi connectivity index (χ4v) is 3.14. The molecule has 2 aromatic rings. The van der Waals surface area contributed by atoms with Gasteiger partial charge in [0.15, 0.2) is 0 Å². The van der Waals surface area contributed by atoms with Crippen molar-refractivity contribution in [2.24, 2.45) is 0 Å². The molecule has 1 heterocycles. The van der Waals surface area contributed by atoms with Gasteiger partial charge < -0.3 is 10.2 Å². The molecule has 0 bridgehead atoms. The molecule has 3 rings (SSSR count). The van der Waals surface area contributed by atoms with Crippen molar-refractivity contribution in [2.45, 2.75) is 13.5 Å². The number of benzene rings is 2. The number of nitrogens with zero attached hydrogens (tertiary/aromatic N) is 2. The van der Waals surface area contributed by atoms with Gasteiger partial charge in [-0.15, -0.1) is 0 Å². The van der Waals surface area contributed by atoms with Crippen LogP contribution in [0.4, 0.5) is 18.9 Å². The number of carbonyl (C=O) groups is 1. The van der Waals surface area contributed by atoms with E-state index in [2.05, 4.69) is 22.2 Å². The average molecular weight is 377 g/mol. The number of hydrogen-bond acceptors (Lipinski definition) is 3. The lowest BCUT2D eigenvalue weighted by atomic mass is 10.0. The molecular weight excluding hydrogens is 355 g/mol. The first-order chi connectivity index (χ1) is 12.8. The molecule has 1 fully saturated rings. The summed E-state index contributed by atoms with van der Waals surface area (Å²) in [4.78, 5) is 16.8. The zero-order valence-electron chi connectivity index (χ0n) is 15.4. The summed E-state index contributed by atoms with van der Waals surface area (Å²) in [5, 5.41) is 2.54. The number of amides is 1. The van der Waals surface area contributed by atoms with Gasteiger partial charge in [0.25, 0.3) is 5.91 Å². The van der Waals surface area contributed by atoms with Gasteiger partial charge in [-0.3, -0.25) is 9.69 Å². The summed E-state index contributed by atoms with van der Waals surface area (Å²) in [6.07, 6.45) is 0. The number of hydrogen-bond donors (Lipinski definition) is 1. The molecule has 4 nitrogen and oxygen atoms in total. The van der Waals surface area contributed by atoms with E-state index in [9.17, 15) is 18.0 Å². The zero-order chi connectivity index (χ0) is 19.6. The van der Waals surface area contributed by atoms with Crippen LogP contribution >= 0.6 is 0 Å². The van der Waals surface area contributed by atoms with E-state index in [1.807, 2.05) is 0 Å². The van der Waals surface area contributed by atoms with Gasteiger partial charge in [-0.2, -0.15) is 0 Å². The maximum atomic E-state index is 14.1. The number of anilines is 1. The second-order valence-electron chi connectivity index (χ2n) is 6.90. The quantitative estimate of drug-likeness (QED) is 0.887. The highest BCUT2D eigenvalue weighted by atomic mass is 19.1. The number of piperazine rings is 1. The van der Waals surface area contributed by atoms with E-state index in [0.717, 1.165) is 49.4 Å². The Balaban J connectivity index is 1.79. The molecule has 0 aromatic heterocycles. The van der Waals surface area contributed by atoms with Crippen LogP contribution in [0.3, 0.4) is 0 Å². The normalized spacial score (nSPS) is 15.7. The van der Waals surface area contributed by atoms with Crippen molar-refractivity contribution in [3.05, 3.63) is 64.5 Å². The molecule has 0 aliphatic carbocycles. The van der Waals surface area contributed by atoms with Gasteiger partial charge in [0, 0.05) is 44.5 Å². The van der Waals surface area contributed by atoms with Gasteiger partial charge >= 0.3 is 0 Å². The van der Waals surface area contributed by atoms with Gasteiger partial charge in [0.1, 0.15) is 17.5 Å². The van der Waals surface area contributed by atoms with E-state index in [-0.39, 0.29) is 11.3 Å². The molecule has 0 spiro atoms. The second kappa shape index (κ2) is 8.10. The Morgan fingerprint density at radius 1 is 1.04 bits per heavy atom. The van der Waals surface area contributed by atoms with Crippen LogP contribution < -0.4 is 5.32 Å². The van der Waals surface area contributed by atoms with Gasteiger partial charge in [0.2, 0.25) is 0 Å². The van der Waals surface area contributed by atoms with Crippen molar-refractivity contribution >= 4 is 11.6 Å². The van der Waals surface area contributed by atoms with E-state index >= 15 is 0 Å². The summed E-state index contributed by atoms with van der Waals surface area (Å²) in [7, 11) is 2.06. The lowest BCUT2D eigenvalue weighted by molar-refractivity contribution is 0.102. The highest BCUT2D eigenvalue weighted by Crippen LogP contribution is 2.24. The highest BCUT2D eigenvalue weighted by Gasteiger charge is 2.18. The van der Waals surface area contributed by atoms with E-state index in [4.69, 9.17) is 0 Å². The molecule has 1 aliphatic rings. The third kappa shape index (κ3) is 4.67. The Morgan fingerprint density at radius 2 is 1.74 bits per heavy atom. The molecule has 0 radical (unpaired) electrons. The Bertz CT molecular complexity index is 849. The largest absolute Gasteiger partial charge is 0.322 e. The van der Waals surface area contributed by atoms with Gasteiger partial charge in [-0.1, -0.05) is 0 Å². The van der Waals surface area contributed by atoms with Crippen LogP contribution in [0.1, 0.15) is 21.5 Å². The predicted molar refractivity (Wildman–Crippen MR) is 98.2 cm³/mol. The summed E-state index contributed by atoms with van der Waals surface area (Å²) in [5.74, 6) is -2.94. The lowest BCUT2D eigenvalue weighted by Crippen LogP contribution is -2.44. The second-order valence-corrected chi connectivity index (χ2v) is 6.90. The SMILES string of the molecule is Cc1c(CN2CCN(C)CC2)cc(F)cc1NC(=O)c1ccc(F)cc1F. The van der Waals surface area contributed by atoms with Crippen molar-refractivity contribution in [1.29, 1.82) is 0 Å². The Hall–Kier alpha value is -2.38. The number of rotatable bonds is 4. The minimum Gasteiger partial charge on any atom is -0.322 e. The lowest BCUT2D eigenvalue weighted by Gasteiger charge is -2.32. The molecule has 0 unspecified atom stereocenters. The van der Waals surface area contributed by atoms with E-state index in [0.29, 0.717) is 12.6 Å². The summed E-state index contributed by atoms with van der Waals surface area (Å²) in [5.41, 5.74) is 1.49. The number of likely N-dealkylation sites (N-methyl/N-ethyl adjacent to an activating group) is 1. The monoisotopic (exact) mass is 377 g/mol. The van der Waals surface area contributed by atoms with Crippen molar-refractivity contribution in [2.75, 3.05) is 38.5 Å². The molecule has 1 N–H and O–H groups in total. The standard InChI is InChI=1S/C20H22F3N3O/c1-13-14(12-26-7-5-25(2)6-8-26)9-16(22)11-19(13)24-20(27)17-4-3-15(21)10-18(17)23/h3-4,9-11H,5-8,12H2,1-2H3,(H,24,27). The molecule has 0 saturated carbocycles. The van der Waals surface area contributed by atoms with E-state index < -0.39 is 23.4 Å². The molecule has 1 amide bonds. The van der Waals surface area contributed by atoms with Crippen LogP contribution in [0.2, 0.25) is 0 Å². The van der Waals surface area contributed by atoms with Gasteiger partial charge in [0.05, 0.1) is 5.56 Å². The molecule has 2 aromatic carbocycles. The van der Waals surface area contributed by atoms with Crippen LogP contribution in [0.15, 0.2) is 30.3 Å². The minimum atomic E-state index is -0.959. The first kappa shape index (κ1) is 19.4. The van der Waals surface area contributed by atoms with Crippen LogP contribution in [-0.4, -0.2) is 48.9 Å². The average Bonchev–Trinajstić information content (AvgIpc) is 2.60. The van der Waals surface area contributed by atoms with Crippen LogP contribution in [0.5, 0.6) is 0 Å². The maximum absolute atomic E-state index is 14.1. The first-order valence-electron chi connectivity index (χ1n) is 8.80. The smallest absolute Gasteiger partial charge is 0.258 e. The third-order valence-corrected chi connectivity index (χ3v) is 4.89. The molecule has 144 valence electrons. The summed E-state index contributed by atoms with van der Waals surface area (Å²) in [6.45, 7) is 6.03. The van der Waals surface area contributed by atoms with E-state index in [1.54, 1.807) is 6.92 Å². The molecule has 7 heteroatoms. The van der Waals surface area contributed by atoms with Crippen molar-refractivity contribution < 1.29 is 18.0 Å². The Kier molecular flexibility index (Phi) is 5.82. The maximum Gasteiger partial charge on any atom is 0.258 e. The number of carbonyl (C=O) groups excluding carboxylic acids is 1.